The number of benzene rings is 1. The molecule has 4 aliphatic carbocycles. The van der Waals surface area contributed by atoms with Crippen LogP contribution in [0.15, 0.2) is 47.4 Å². The smallest absolute Gasteiger partial charge is 0.0969 e. The highest BCUT2D eigenvalue weighted by atomic mass is 32.1. The lowest BCUT2D eigenvalue weighted by molar-refractivity contribution is -0.0409. The Kier molecular flexibility index (Phi) is 4.74. The zero-order chi connectivity index (χ0) is 21.2. The Bertz CT molecular complexity index is 995. The third kappa shape index (κ3) is 3.03. The standard InChI is InChI=1S/C28H35NOS/c1-27-14-12-20(30)16-19(27)8-9-21-22-10-11-24(28(22,2)15-13-23(21)27)26-29-25(17-31-26)18-6-4-3-5-7-18/h3-8,17,20-24,30H,9-16H2,1-2H3/t20-,21-,22?,23?,24+,27-,28-/m0/s1. The maximum atomic E-state index is 10.2. The Morgan fingerprint density at radius 1 is 1.00 bits per heavy atom. The maximum Gasteiger partial charge on any atom is 0.0969 e. The molecule has 2 nitrogen and oxygen atoms in total. The van der Waals surface area contributed by atoms with Crippen LogP contribution in [0.2, 0.25) is 0 Å². The lowest BCUT2D eigenvalue weighted by atomic mass is 9.47. The van der Waals surface area contributed by atoms with Gasteiger partial charge in [0.25, 0.3) is 0 Å². The van der Waals surface area contributed by atoms with E-state index in [1.807, 2.05) is 11.3 Å². The molecule has 6 rings (SSSR count). The van der Waals surface area contributed by atoms with Crippen LogP contribution < -0.4 is 0 Å². The molecule has 164 valence electrons. The van der Waals surface area contributed by atoms with Crippen molar-refractivity contribution in [1.82, 2.24) is 4.98 Å². The van der Waals surface area contributed by atoms with Crippen molar-refractivity contribution in [2.75, 3.05) is 0 Å². The van der Waals surface area contributed by atoms with Crippen LogP contribution in [0, 0.1) is 28.6 Å². The summed E-state index contributed by atoms with van der Waals surface area (Å²) in [5, 5.41) is 13.9. The highest BCUT2D eigenvalue weighted by Crippen LogP contribution is 2.68. The van der Waals surface area contributed by atoms with Crippen molar-refractivity contribution in [2.45, 2.75) is 77.2 Å². The third-order valence-electron chi connectivity index (χ3n) is 9.97. The number of fused-ring (bicyclic) bond motifs is 5. The molecule has 3 heteroatoms. The van der Waals surface area contributed by atoms with Gasteiger partial charge in [0.05, 0.1) is 16.8 Å². The van der Waals surface area contributed by atoms with Gasteiger partial charge in [-0.15, -0.1) is 11.3 Å². The Balaban J connectivity index is 1.29. The van der Waals surface area contributed by atoms with Crippen molar-refractivity contribution in [3.63, 3.8) is 0 Å². The van der Waals surface area contributed by atoms with Crippen molar-refractivity contribution in [3.05, 3.63) is 52.4 Å². The predicted octanol–water partition coefficient (Wildman–Crippen LogP) is 7.22. The minimum Gasteiger partial charge on any atom is -0.393 e. The molecule has 1 aromatic heterocycles. The van der Waals surface area contributed by atoms with Gasteiger partial charge < -0.3 is 5.11 Å². The number of rotatable bonds is 2. The summed E-state index contributed by atoms with van der Waals surface area (Å²) in [4.78, 5) is 5.17. The van der Waals surface area contributed by atoms with Crippen LogP contribution in [0.4, 0.5) is 0 Å². The number of allylic oxidation sites excluding steroid dienone is 1. The molecule has 1 aromatic carbocycles. The normalized spacial score (nSPS) is 41.8. The van der Waals surface area contributed by atoms with Gasteiger partial charge in [-0.2, -0.15) is 0 Å². The van der Waals surface area contributed by atoms with E-state index in [1.165, 1.54) is 49.1 Å². The highest BCUT2D eigenvalue weighted by Gasteiger charge is 2.59. The van der Waals surface area contributed by atoms with Gasteiger partial charge in [-0.25, -0.2) is 4.98 Å². The zero-order valence-electron chi connectivity index (χ0n) is 18.9. The fourth-order valence-corrected chi connectivity index (χ4v) is 9.36. The van der Waals surface area contributed by atoms with Crippen molar-refractivity contribution in [2.24, 2.45) is 28.6 Å². The molecule has 0 amide bonds. The van der Waals surface area contributed by atoms with Crippen LogP contribution in [-0.2, 0) is 0 Å². The lowest BCUT2D eigenvalue weighted by Crippen LogP contribution is -2.50. The summed E-state index contributed by atoms with van der Waals surface area (Å²) in [5.74, 6) is 3.07. The Morgan fingerprint density at radius 2 is 1.84 bits per heavy atom. The number of nitrogens with zero attached hydrogens (tertiary/aromatic N) is 1. The van der Waals surface area contributed by atoms with E-state index in [9.17, 15) is 5.11 Å². The second kappa shape index (κ2) is 7.28. The lowest BCUT2D eigenvalue weighted by Gasteiger charge is -2.58. The average Bonchev–Trinajstić information content (AvgIpc) is 3.39. The quantitative estimate of drug-likeness (QED) is 0.507. The molecule has 0 aliphatic heterocycles. The monoisotopic (exact) mass is 433 g/mol. The Morgan fingerprint density at radius 3 is 2.68 bits per heavy atom. The van der Waals surface area contributed by atoms with Crippen LogP contribution in [0.25, 0.3) is 11.3 Å². The maximum absolute atomic E-state index is 10.2. The van der Waals surface area contributed by atoms with E-state index >= 15 is 0 Å². The molecule has 0 radical (unpaired) electrons. The van der Waals surface area contributed by atoms with E-state index in [4.69, 9.17) is 4.98 Å². The first-order valence-electron chi connectivity index (χ1n) is 12.4. The van der Waals surface area contributed by atoms with E-state index in [-0.39, 0.29) is 6.10 Å². The van der Waals surface area contributed by atoms with E-state index in [0.29, 0.717) is 16.7 Å². The Labute approximate surface area is 190 Å². The molecule has 1 N–H and O–H groups in total. The van der Waals surface area contributed by atoms with Gasteiger partial charge in [-0.3, -0.25) is 0 Å². The van der Waals surface area contributed by atoms with Crippen LogP contribution in [0.5, 0.6) is 0 Å². The topological polar surface area (TPSA) is 33.1 Å². The van der Waals surface area contributed by atoms with E-state index in [0.717, 1.165) is 36.3 Å². The second-order valence-electron chi connectivity index (χ2n) is 11.3. The molecule has 0 saturated heterocycles. The summed E-state index contributed by atoms with van der Waals surface area (Å²) >= 11 is 1.89. The van der Waals surface area contributed by atoms with Gasteiger partial charge in [0, 0.05) is 16.9 Å². The summed E-state index contributed by atoms with van der Waals surface area (Å²) in [6, 6.07) is 10.7. The van der Waals surface area contributed by atoms with Crippen molar-refractivity contribution in [3.8, 4) is 11.3 Å². The molecule has 4 aliphatic rings. The van der Waals surface area contributed by atoms with Crippen molar-refractivity contribution in [1.29, 1.82) is 0 Å². The molecular formula is C28H35NOS. The van der Waals surface area contributed by atoms with Gasteiger partial charge in [-0.05, 0) is 80.0 Å². The molecule has 1 heterocycles. The molecule has 3 saturated carbocycles. The minimum atomic E-state index is -0.107. The first-order chi connectivity index (χ1) is 15.0. The molecule has 31 heavy (non-hydrogen) atoms. The summed E-state index contributed by atoms with van der Waals surface area (Å²) in [6.07, 6.45) is 12.1. The number of aliphatic hydroxyl groups is 1. The van der Waals surface area contributed by atoms with Crippen molar-refractivity contribution < 1.29 is 5.11 Å². The SMILES string of the molecule is C[C@]12CC[C@H](O)CC1=CC[C@@H]1C2CC[C@@]2(C)C1CC[C@@H]2c1nc(-c2ccccc2)cs1. The molecule has 0 spiro atoms. The fourth-order valence-electron chi connectivity index (χ4n) is 8.24. The van der Waals surface area contributed by atoms with E-state index in [1.54, 1.807) is 5.57 Å². The van der Waals surface area contributed by atoms with E-state index in [2.05, 4.69) is 55.6 Å². The zero-order valence-corrected chi connectivity index (χ0v) is 19.7. The molecular weight excluding hydrogens is 398 g/mol. The first-order valence-corrected chi connectivity index (χ1v) is 13.3. The Hall–Kier alpha value is -1.45. The van der Waals surface area contributed by atoms with Crippen LogP contribution in [0.3, 0.4) is 0 Å². The summed E-state index contributed by atoms with van der Waals surface area (Å²) in [5.41, 5.74) is 4.70. The van der Waals surface area contributed by atoms with Crippen LogP contribution >= 0.6 is 11.3 Å². The van der Waals surface area contributed by atoms with Crippen LogP contribution in [-0.4, -0.2) is 16.2 Å². The summed E-state index contributed by atoms with van der Waals surface area (Å²) in [6.45, 7) is 5.13. The molecule has 7 atom stereocenters. The van der Waals surface area contributed by atoms with Gasteiger partial charge in [0.15, 0.2) is 0 Å². The first kappa shape index (κ1) is 20.2. The second-order valence-corrected chi connectivity index (χ2v) is 12.2. The molecule has 2 unspecified atom stereocenters. The van der Waals surface area contributed by atoms with Gasteiger partial charge in [0.1, 0.15) is 0 Å². The summed E-state index contributed by atoms with van der Waals surface area (Å²) in [7, 11) is 0. The number of hydrogen-bond donors (Lipinski definition) is 1. The number of thiazole rings is 1. The van der Waals surface area contributed by atoms with E-state index < -0.39 is 0 Å². The number of aliphatic hydroxyl groups excluding tert-OH is 1. The van der Waals surface area contributed by atoms with Gasteiger partial charge in [-0.1, -0.05) is 55.8 Å². The molecule has 0 bridgehead atoms. The predicted molar refractivity (Wildman–Crippen MR) is 128 cm³/mol. The number of hydrogen-bond acceptors (Lipinski definition) is 3. The number of aromatic nitrogens is 1. The fraction of sp³-hybridized carbons (Fsp3) is 0.607. The summed E-state index contributed by atoms with van der Waals surface area (Å²) < 4.78 is 0. The largest absolute Gasteiger partial charge is 0.393 e. The van der Waals surface area contributed by atoms with Gasteiger partial charge in [0.2, 0.25) is 0 Å². The minimum absolute atomic E-state index is 0.107. The average molecular weight is 434 g/mol. The third-order valence-corrected chi connectivity index (χ3v) is 10.9. The molecule has 3 fully saturated rings. The molecule has 2 aromatic rings. The highest BCUT2D eigenvalue weighted by molar-refractivity contribution is 7.10. The van der Waals surface area contributed by atoms with Crippen molar-refractivity contribution >= 4 is 11.3 Å². The van der Waals surface area contributed by atoms with Crippen LogP contribution in [0.1, 0.15) is 76.1 Å². The van der Waals surface area contributed by atoms with Gasteiger partial charge >= 0.3 is 0 Å².